The fraction of sp³-hybridized carbons (Fsp3) is 0.444. The predicted molar refractivity (Wildman–Crippen MR) is 91.6 cm³/mol. The zero-order valence-electron chi connectivity index (χ0n) is 13.3. The molecule has 4 rings (SSSR count). The summed E-state index contributed by atoms with van der Waals surface area (Å²) in [6, 6.07) is 9.26. The molecule has 1 spiro atoms. The number of amides is 1. The number of halogens is 1. The van der Waals surface area contributed by atoms with Gasteiger partial charge in [-0.25, -0.2) is 0 Å². The molecular weight excluding hydrogens is 326 g/mol. The average Bonchev–Trinajstić information content (AvgIpc) is 2.99. The Hall–Kier alpha value is -1.85. The minimum Gasteiger partial charge on any atom is -0.350 e. The van der Waals surface area contributed by atoms with Gasteiger partial charge in [-0.1, -0.05) is 41.4 Å². The Morgan fingerprint density at radius 3 is 2.88 bits per heavy atom. The van der Waals surface area contributed by atoms with Crippen LogP contribution in [0.3, 0.4) is 0 Å². The van der Waals surface area contributed by atoms with Crippen molar-refractivity contribution in [1.82, 2.24) is 10.5 Å². The number of benzene rings is 1. The maximum atomic E-state index is 12.3. The van der Waals surface area contributed by atoms with Crippen LogP contribution >= 0.6 is 11.6 Å². The molecule has 5 nitrogen and oxygen atoms in total. The molecule has 3 N–H and O–H groups in total. The lowest BCUT2D eigenvalue weighted by Crippen LogP contribution is -2.63. The molecule has 1 heterocycles. The highest BCUT2D eigenvalue weighted by molar-refractivity contribution is 6.33. The first-order chi connectivity index (χ1) is 11.6. The van der Waals surface area contributed by atoms with Gasteiger partial charge in [-0.05, 0) is 36.7 Å². The van der Waals surface area contributed by atoms with E-state index in [1.54, 1.807) is 12.1 Å². The average molecular weight is 346 g/mol. The van der Waals surface area contributed by atoms with Gasteiger partial charge >= 0.3 is 0 Å². The van der Waals surface area contributed by atoms with Crippen LogP contribution in [0.1, 0.15) is 36.2 Å². The van der Waals surface area contributed by atoms with Gasteiger partial charge in [0.25, 0.3) is 5.91 Å². The molecule has 0 bridgehead atoms. The molecule has 2 saturated carbocycles. The normalized spacial score (nSPS) is 24.2. The van der Waals surface area contributed by atoms with Crippen molar-refractivity contribution in [3.05, 3.63) is 41.1 Å². The van der Waals surface area contributed by atoms with Crippen LogP contribution in [0.4, 0.5) is 0 Å². The second-order valence-electron chi connectivity index (χ2n) is 6.89. The number of nitrogens with two attached hydrogens (primary N) is 1. The van der Waals surface area contributed by atoms with E-state index < -0.39 is 0 Å². The van der Waals surface area contributed by atoms with Crippen LogP contribution in [0.2, 0.25) is 5.02 Å². The standard InChI is InChI=1S/C18H20ClN3O2/c19-13-5-2-1-4-12(13)14-9-15(24-22-14)17(23)21-10-11-8-16(20)18(11)6-3-7-18/h1-2,4-5,9,11,16H,3,6-8,10,20H2,(H,21,23). The van der Waals surface area contributed by atoms with Crippen molar-refractivity contribution >= 4 is 17.5 Å². The number of aromatic nitrogens is 1. The SMILES string of the molecule is NC1CC(CNC(=O)c2cc(-c3ccccc3Cl)no2)C12CCC2. The molecule has 0 aliphatic heterocycles. The zero-order valence-corrected chi connectivity index (χ0v) is 14.1. The summed E-state index contributed by atoms with van der Waals surface area (Å²) in [6.07, 6.45) is 4.62. The number of nitrogens with zero attached hydrogens (tertiary/aromatic N) is 1. The van der Waals surface area contributed by atoms with E-state index in [1.807, 2.05) is 18.2 Å². The van der Waals surface area contributed by atoms with Crippen molar-refractivity contribution in [1.29, 1.82) is 0 Å². The van der Waals surface area contributed by atoms with Gasteiger partial charge < -0.3 is 15.6 Å². The van der Waals surface area contributed by atoms with E-state index in [0.29, 0.717) is 29.2 Å². The molecule has 24 heavy (non-hydrogen) atoms. The first kappa shape index (κ1) is 15.7. The second kappa shape index (κ2) is 5.90. The Balaban J connectivity index is 1.40. The summed E-state index contributed by atoms with van der Waals surface area (Å²) in [5, 5.41) is 7.50. The summed E-state index contributed by atoms with van der Waals surface area (Å²) in [7, 11) is 0. The fourth-order valence-electron chi connectivity index (χ4n) is 4.05. The molecule has 1 amide bonds. The summed E-state index contributed by atoms with van der Waals surface area (Å²) in [4.78, 5) is 12.3. The van der Waals surface area contributed by atoms with E-state index >= 15 is 0 Å². The van der Waals surface area contributed by atoms with Gasteiger partial charge in [-0.15, -0.1) is 0 Å². The molecule has 0 radical (unpaired) electrons. The lowest BCUT2D eigenvalue weighted by molar-refractivity contribution is -0.0706. The van der Waals surface area contributed by atoms with E-state index in [9.17, 15) is 4.79 Å². The highest BCUT2D eigenvalue weighted by Gasteiger charge is 2.56. The second-order valence-corrected chi connectivity index (χ2v) is 7.30. The van der Waals surface area contributed by atoms with Gasteiger partial charge in [-0.3, -0.25) is 4.79 Å². The fourth-order valence-corrected chi connectivity index (χ4v) is 4.28. The largest absolute Gasteiger partial charge is 0.350 e. The zero-order chi connectivity index (χ0) is 16.7. The monoisotopic (exact) mass is 345 g/mol. The summed E-state index contributed by atoms with van der Waals surface area (Å²) in [5.41, 5.74) is 7.74. The number of carbonyl (C=O) groups is 1. The van der Waals surface area contributed by atoms with Crippen LogP contribution in [0.25, 0.3) is 11.3 Å². The Morgan fingerprint density at radius 2 is 2.21 bits per heavy atom. The van der Waals surface area contributed by atoms with E-state index in [4.69, 9.17) is 21.9 Å². The van der Waals surface area contributed by atoms with Gasteiger partial charge in [0.05, 0.1) is 5.02 Å². The predicted octanol–water partition coefficient (Wildman–Crippen LogP) is 3.24. The summed E-state index contributed by atoms with van der Waals surface area (Å²) < 4.78 is 5.19. The lowest BCUT2D eigenvalue weighted by Gasteiger charge is -2.60. The molecule has 2 aliphatic carbocycles. The first-order valence-electron chi connectivity index (χ1n) is 8.35. The van der Waals surface area contributed by atoms with E-state index in [2.05, 4.69) is 10.5 Å². The van der Waals surface area contributed by atoms with E-state index in [1.165, 1.54) is 19.3 Å². The minimum absolute atomic E-state index is 0.205. The van der Waals surface area contributed by atoms with E-state index in [-0.39, 0.29) is 17.1 Å². The molecule has 2 unspecified atom stereocenters. The number of carbonyl (C=O) groups excluding carboxylic acids is 1. The van der Waals surface area contributed by atoms with Gasteiger partial charge in [0.15, 0.2) is 0 Å². The maximum Gasteiger partial charge on any atom is 0.289 e. The van der Waals surface area contributed by atoms with Crippen molar-refractivity contribution in [2.24, 2.45) is 17.1 Å². The third-order valence-electron chi connectivity index (χ3n) is 5.77. The van der Waals surface area contributed by atoms with E-state index in [0.717, 1.165) is 12.0 Å². The van der Waals surface area contributed by atoms with Crippen LogP contribution in [-0.4, -0.2) is 23.7 Å². The molecule has 6 heteroatoms. The number of hydrogen-bond acceptors (Lipinski definition) is 4. The Labute approximate surface area is 145 Å². The highest BCUT2D eigenvalue weighted by atomic mass is 35.5. The summed E-state index contributed by atoms with van der Waals surface area (Å²) >= 11 is 6.15. The molecule has 2 aliphatic rings. The number of hydrogen-bond donors (Lipinski definition) is 2. The van der Waals surface area contributed by atoms with Crippen molar-refractivity contribution in [2.45, 2.75) is 31.7 Å². The van der Waals surface area contributed by atoms with Crippen LogP contribution < -0.4 is 11.1 Å². The summed E-state index contributed by atoms with van der Waals surface area (Å²) in [5.74, 6) is 0.447. The number of rotatable bonds is 4. The molecule has 126 valence electrons. The molecule has 1 aromatic heterocycles. The first-order valence-corrected chi connectivity index (χ1v) is 8.73. The third kappa shape index (κ3) is 2.43. The quantitative estimate of drug-likeness (QED) is 0.891. The Morgan fingerprint density at radius 1 is 1.42 bits per heavy atom. The number of nitrogens with one attached hydrogen (secondary N) is 1. The van der Waals surface area contributed by atoms with Crippen molar-refractivity contribution in [2.75, 3.05) is 6.54 Å². The molecule has 2 fully saturated rings. The molecule has 1 aromatic carbocycles. The van der Waals surface area contributed by atoms with Gasteiger partial charge in [0.1, 0.15) is 5.69 Å². The molecule has 0 saturated heterocycles. The Bertz CT molecular complexity index is 769. The van der Waals surface area contributed by atoms with Crippen LogP contribution in [0, 0.1) is 11.3 Å². The van der Waals surface area contributed by atoms with Crippen molar-refractivity contribution < 1.29 is 9.32 Å². The maximum absolute atomic E-state index is 12.3. The van der Waals surface area contributed by atoms with Crippen LogP contribution in [0.5, 0.6) is 0 Å². The topological polar surface area (TPSA) is 81.1 Å². The third-order valence-corrected chi connectivity index (χ3v) is 6.10. The van der Waals surface area contributed by atoms with Crippen LogP contribution in [0.15, 0.2) is 34.9 Å². The summed E-state index contributed by atoms with van der Waals surface area (Å²) in [6.45, 7) is 0.647. The van der Waals surface area contributed by atoms with Crippen molar-refractivity contribution in [3.8, 4) is 11.3 Å². The lowest BCUT2D eigenvalue weighted by atomic mass is 9.47. The van der Waals surface area contributed by atoms with Crippen molar-refractivity contribution in [3.63, 3.8) is 0 Å². The highest BCUT2D eigenvalue weighted by Crippen LogP contribution is 2.58. The molecule has 2 atom stereocenters. The Kier molecular flexibility index (Phi) is 3.85. The van der Waals surface area contributed by atoms with Gasteiger partial charge in [0.2, 0.25) is 5.76 Å². The van der Waals surface area contributed by atoms with Gasteiger partial charge in [0, 0.05) is 24.2 Å². The van der Waals surface area contributed by atoms with Gasteiger partial charge in [-0.2, -0.15) is 0 Å². The van der Waals surface area contributed by atoms with Crippen LogP contribution in [-0.2, 0) is 0 Å². The molecular formula is C18H20ClN3O2. The smallest absolute Gasteiger partial charge is 0.289 e. The molecule has 2 aromatic rings. The minimum atomic E-state index is -0.240.